The lowest BCUT2D eigenvalue weighted by Gasteiger charge is -2.36. The predicted molar refractivity (Wildman–Crippen MR) is 192 cm³/mol. The molecule has 0 spiro atoms. The SMILES string of the molecule is CCCCCCCCCCCCOC(=O)OCOC1=Nc2cc(OCCCCN3CCN(c4cccc(Cl)c4Cl)CC3)ccc2CC1. The summed E-state index contributed by atoms with van der Waals surface area (Å²) in [5.74, 6) is 1.35. The number of aryl methyl sites for hydroxylation is 1. The van der Waals surface area contributed by atoms with Gasteiger partial charge in [-0.25, -0.2) is 9.79 Å². The summed E-state index contributed by atoms with van der Waals surface area (Å²) < 4.78 is 22.0. The molecule has 0 saturated carbocycles. The van der Waals surface area contributed by atoms with Gasteiger partial charge in [0.25, 0.3) is 0 Å². The summed E-state index contributed by atoms with van der Waals surface area (Å²) in [5.41, 5.74) is 3.01. The third kappa shape index (κ3) is 13.4. The number of unbranched alkanes of at least 4 members (excludes halogenated alkanes) is 10. The summed E-state index contributed by atoms with van der Waals surface area (Å²) in [4.78, 5) is 21.4. The standard InChI is InChI=1S/C37H53Cl2N3O5/c1-2-3-4-5-6-7-8-9-10-12-27-45-37(43)47-29-46-35-20-18-30-17-19-31(28-33(30)40-35)44-26-13-11-21-41-22-24-42(25-23-41)34-16-14-15-32(38)36(34)39/h14-17,19,28H,2-13,18,20-27,29H2,1H3. The van der Waals surface area contributed by atoms with Crippen molar-refractivity contribution in [2.75, 3.05) is 57.6 Å². The first-order valence-electron chi connectivity index (χ1n) is 17.7. The van der Waals surface area contributed by atoms with Crippen LogP contribution >= 0.6 is 23.2 Å². The number of fused-ring (bicyclic) bond motifs is 1. The Bertz CT molecular complexity index is 1250. The number of rotatable bonds is 20. The zero-order valence-electron chi connectivity index (χ0n) is 28.2. The summed E-state index contributed by atoms with van der Waals surface area (Å²) in [7, 11) is 0. The van der Waals surface area contributed by atoms with Crippen molar-refractivity contribution in [2.24, 2.45) is 4.99 Å². The molecular formula is C37H53Cl2N3O5. The minimum atomic E-state index is -0.696. The Morgan fingerprint density at radius 2 is 1.51 bits per heavy atom. The summed E-state index contributed by atoms with van der Waals surface area (Å²) >= 11 is 12.6. The lowest BCUT2D eigenvalue weighted by Crippen LogP contribution is -2.46. The number of carbonyl (C=O) groups is 1. The fourth-order valence-corrected chi connectivity index (χ4v) is 6.41. The van der Waals surface area contributed by atoms with Crippen molar-refractivity contribution in [1.29, 1.82) is 0 Å². The largest absolute Gasteiger partial charge is 0.511 e. The van der Waals surface area contributed by atoms with E-state index in [1.54, 1.807) is 0 Å². The van der Waals surface area contributed by atoms with Gasteiger partial charge in [0.2, 0.25) is 6.79 Å². The van der Waals surface area contributed by atoms with Crippen LogP contribution in [0.3, 0.4) is 0 Å². The molecule has 47 heavy (non-hydrogen) atoms. The molecule has 0 N–H and O–H groups in total. The third-order valence-corrected chi connectivity index (χ3v) is 9.62. The Labute approximate surface area is 291 Å². The molecule has 4 rings (SSSR count). The quantitative estimate of drug-likeness (QED) is 0.0778. The molecular weight excluding hydrogens is 637 g/mol. The van der Waals surface area contributed by atoms with E-state index in [1.165, 1.54) is 51.4 Å². The molecule has 2 aliphatic rings. The van der Waals surface area contributed by atoms with Gasteiger partial charge in [-0.1, -0.05) is 100 Å². The molecule has 8 nitrogen and oxygen atoms in total. The first-order valence-corrected chi connectivity index (χ1v) is 18.5. The lowest BCUT2D eigenvalue weighted by atomic mass is 10.0. The van der Waals surface area contributed by atoms with Crippen molar-refractivity contribution in [3.63, 3.8) is 0 Å². The Hall–Kier alpha value is -2.68. The second kappa shape index (κ2) is 21.3. The molecule has 2 aliphatic heterocycles. The summed E-state index contributed by atoms with van der Waals surface area (Å²) in [6.07, 6.45) is 15.2. The topological polar surface area (TPSA) is 72.8 Å². The van der Waals surface area contributed by atoms with E-state index in [0.29, 0.717) is 35.6 Å². The third-order valence-electron chi connectivity index (χ3n) is 8.81. The van der Waals surface area contributed by atoms with Crippen molar-refractivity contribution in [3.8, 4) is 5.75 Å². The van der Waals surface area contributed by atoms with E-state index in [-0.39, 0.29) is 6.79 Å². The Morgan fingerprint density at radius 1 is 0.787 bits per heavy atom. The van der Waals surface area contributed by atoms with Gasteiger partial charge in [-0.2, -0.15) is 0 Å². The van der Waals surface area contributed by atoms with Gasteiger partial charge in [0.05, 0.1) is 34.6 Å². The molecule has 2 aromatic rings. The minimum Gasteiger partial charge on any atom is -0.494 e. The summed E-state index contributed by atoms with van der Waals surface area (Å²) in [5, 5.41) is 1.24. The summed E-state index contributed by atoms with van der Waals surface area (Å²) in [6, 6.07) is 11.8. The highest BCUT2D eigenvalue weighted by Gasteiger charge is 2.20. The first-order chi connectivity index (χ1) is 23.0. The van der Waals surface area contributed by atoms with E-state index in [2.05, 4.69) is 27.8 Å². The van der Waals surface area contributed by atoms with Crippen molar-refractivity contribution in [3.05, 3.63) is 52.0 Å². The highest BCUT2D eigenvalue weighted by atomic mass is 35.5. The van der Waals surface area contributed by atoms with Crippen LogP contribution in [0.2, 0.25) is 10.0 Å². The lowest BCUT2D eigenvalue weighted by molar-refractivity contribution is -0.00159. The maximum absolute atomic E-state index is 11.9. The number of hydrogen-bond donors (Lipinski definition) is 0. The van der Waals surface area contributed by atoms with E-state index in [4.69, 9.17) is 42.1 Å². The van der Waals surface area contributed by atoms with Crippen LogP contribution in [0, 0.1) is 0 Å². The van der Waals surface area contributed by atoms with Gasteiger partial charge in [0.1, 0.15) is 5.75 Å². The second-order valence-electron chi connectivity index (χ2n) is 12.4. The van der Waals surface area contributed by atoms with E-state index in [0.717, 1.165) is 87.5 Å². The van der Waals surface area contributed by atoms with Crippen molar-refractivity contribution in [1.82, 2.24) is 4.90 Å². The minimum absolute atomic E-state index is 0.204. The van der Waals surface area contributed by atoms with Crippen LogP contribution < -0.4 is 9.64 Å². The van der Waals surface area contributed by atoms with Gasteiger partial charge in [-0.3, -0.25) is 4.90 Å². The van der Waals surface area contributed by atoms with Crippen molar-refractivity contribution >= 4 is 46.6 Å². The number of halogens is 2. The molecule has 260 valence electrons. The Kier molecular flexibility index (Phi) is 16.9. The van der Waals surface area contributed by atoms with Crippen molar-refractivity contribution < 1.29 is 23.7 Å². The molecule has 0 bridgehead atoms. The predicted octanol–water partition coefficient (Wildman–Crippen LogP) is 10.00. The average molecular weight is 691 g/mol. The summed E-state index contributed by atoms with van der Waals surface area (Å²) in [6.45, 7) is 8.00. The molecule has 0 aromatic heterocycles. The van der Waals surface area contributed by atoms with Crippen LogP contribution in [-0.4, -0.2) is 69.7 Å². The number of carbonyl (C=O) groups excluding carboxylic acids is 1. The molecule has 0 atom stereocenters. The second-order valence-corrected chi connectivity index (χ2v) is 13.2. The van der Waals surface area contributed by atoms with Crippen LogP contribution in [0.4, 0.5) is 16.2 Å². The number of benzene rings is 2. The zero-order chi connectivity index (χ0) is 33.1. The van der Waals surface area contributed by atoms with Crippen LogP contribution in [0.15, 0.2) is 41.4 Å². The Balaban J connectivity index is 1.04. The maximum Gasteiger partial charge on any atom is 0.511 e. The van der Waals surface area contributed by atoms with Crippen molar-refractivity contribution in [2.45, 2.75) is 96.8 Å². The van der Waals surface area contributed by atoms with Crippen LogP contribution in [-0.2, 0) is 20.6 Å². The fraction of sp³-hybridized carbons (Fsp3) is 0.622. The molecule has 2 heterocycles. The highest BCUT2D eigenvalue weighted by Crippen LogP contribution is 2.33. The van der Waals surface area contributed by atoms with Crippen LogP contribution in [0.1, 0.15) is 96.0 Å². The molecule has 0 amide bonds. The number of hydrogen-bond acceptors (Lipinski definition) is 8. The number of anilines is 1. The van der Waals surface area contributed by atoms with Gasteiger partial charge < -0.3 is 23.8 Å². The Morgan fingerprint density at radius 3 is 2.28 bits per heavy atom. The average Bonchev–Trinajstić information content (AvgIpc) is 3.08. The number of ether oxygens (including phenoxy) is 4. The molecule has 0 unspecified atom stereocenters. The number of nitrogens with zero attached hydrogens (tertiary/aromatic N) is 3. The molecule has 0 radical (unpaired) electrons. The van der Waals surface area contributed by atoms with Gasteiger partial charge in [-0.05, 0) is 56.0 Å². The van der Waals surface area contributed by atoms with E-state index >= 15 is 0 Å². The van der Waals surface area contributed by atoms with E-state index in [9.17, 15) is 4.79 Å². The van der Waals surface area contributed by atoms with Crippen LogP contribution in [0.25, 0.3) is 0 Å². The first kappa shape index (κ1) is 37.1. The molecule has 1 saturated heterocycles. The van der Waals surface area contributed by atoms with Gasteiger partial charge in [-0.15, -0.1) is 0 Å². The smallest absolute Gasteiger partial charge is 0.494 e. The number of aliphatic imine (C=N–C) groups is 1. The fourth-order valence-electron chi connectivity index (χ4n) is 5.99. The van der Waals surface area contributed by atoms with E-state index in [1.807, 2.05) is 30.3 Å². The van der Waals surface area contributed by atoms with E-state index < -0.39 is 6.16 Å². The molecule has 1 fully saturated rings. The maximum atomic E-state index is 11.9. The molecule has 2 aromatic carbocycles. The number of piperazine rings is 1. The monoisotopic (exact) mass is 689 g/mol. The normalized spacial score (nSPS) is 14.8. The van der Waals surface area contributed by atoms with Gasteiger partial charge >= 0.3 is 6.16 Å². The van der Waals surface area contributed by atoms with Gasteiger partial charge in [0, 0.05) is 38.7 Å². The zero-order valence-corrected chi connectivity index (χ0v) is 29.7. The molecule has 0 aliphatic carbocycles. The van der Waals surface area contributed by atoms with Crippen LogP contribution in [0.5, 0.6) is 5.75 Å². The van der Waals surface area contributed by atoms with Gasteiger partial charge in [0.15, 0.2) is 5.90 Å². The molecule has 10 heteroatoms. The highest BCUT2D eigenvalue weighted by molar-refractivity contribution is 6.43.